The molecule has 1 N–H and O–H groups in total. The van der Waals surface area contributed by atoms with Crippen molar-refractivity contribution < 1.29 is 9.47 Å². The maximum Gasteiger partial charge on any atom is 0.250 e. The molecule has 1 aromatic carbocycles. The Morgan fingerprint density at radius 2 is 1.89 bits per heavy atom. The van der Waals surface area contributed by atoms with Crippen LogP contribution in [0.5, 0.6) is 11.5 Å². The lowest BCUT2D eigenvalue weighted by molar-refractivity contribution is 0.395. The lowest BCUT2D eigenvalue weighted by Gasteiger charge is -2.10. The second-order valence-electron chi connectivity index (χ2n) is 3.97. The number of benzene rings is 1. The van der Waals surface area contributed by atoms with Crippen molar-refractivity contribution in [1.82, 2.24) is 4.98 Å². The van der Waals surface area contributed by atoms with Crippen molar-refractivity contribution >= 4 is 0 Å². The highest BCUT2D eigenvalue weighted by molar-refractivity contribution is 5.71. The normalized spacial score (nSPS) is 10.2. The number of H-pyrrole nitrogens is 1. The van der Waals surface area contributed by atoms with Crippen LogP contribution >= 0.6 is 0 Å². The molecule has 18 heavy (non-hydrogen) atoms. The highest BCUT2D eigenvalue weighted by atomic mass is 16.5. The molecule has 1 heterocycles. The van der Waals surface area contributed by atoms with Gasteiger partial charge in [-0.15, -0.1) is 0 Å². The third-order valence-corrected chi connectivity index (χ3v) is 2.81. The molecular formula is C14H15NO3. The van der Waals surface area contributed by atoms with Gasteiger partial charge >= 0.3 is 0 Å². The molecule has 0 radical (unpaired) electrons. The van der Waals surface area contributed by atoms with Gasteiger partial charge in [0, 0.05) is 29.0 Å². The molecule has 4 heteroatoms. The smallest absolute Gasteiger partial charge is 0.250 e. The first-order chi connectivity index (χ1) is 8.65. The summed E-state index contributed by atoms with van der Waals surface area (Å²) in [5.41, 5.74) is 2.42. The summed E-state index contributed by atoms with van der Waals surface area (Å²) in [6.45, 7) is 1.78. The molecule has 94 valence electrons. The lowest BCUT2D eigenvalue weighted by Crippen LogP contribution is -2.08. The van der Waals surface area contributed by atoms with Gasteiger partial charge in [-0.05, 0) is 25.1 Å². The van der Waals surface area contributed by atoms with Crippen molar-refractivity contribution in [3.8, 4) is 22.6 Å². The van der Waals surface area contributed by atoms with Crippen LogP contribution < -0.4 is 15.0 Å². The van der Waals surface area contributed by atoms with Gasteiger partial charge in [-0.1, -0.05) is 0 Å². The average Bonchev–Trinajstić information content (AvgIpc) is 2.41. The summed E-state index contributed by atoms with van der Waals surface area (Å²) in [4.78, 5) is 14.1. The van der Waals surface area contributed by atoms with Gasteiger partial charge in [0.1, 0.15) is 11.5 Å². The van der Waals surface area contributed by atoms with Gasteiger partial charge in [0.2, 0.25) is 0 Å². The van der Waals surface area contributed by atoms with E-state index in [9.17, 15) is 4.79 Å². The number of pyridine rings is 1. The average molecular weight is 245 g/mol. The SMILES string of the molecule is COc1ccc(-c2c[nH]c(=O)c(C)c2)c(OC)c1. The molecule has 0 amide bonds. The van der Waals surface area contributed by atoms with Crippen LogP contribution in [-0.2, 0) is 0 Å². The number of hydrogen-bond acceptors (Lipinski definition) is 3. The van der Waals surface area contributed by atoms with Gasteiger partial charge in [0.15, 0.2) is 0 Å². The molecule has 1 aromatic heterocycles. The zero-order valence-electron chi connectivity index (χ0n) is 10.6. The van der Waals surface area contributed by atoms with Gasteiger partial charge < -0.3 is 14.5 Å². The molecule has 0 aliphatic rings. The topological polar surface area (TPSA) is 51.3 Å². The van der Waals surface area contributed by atoms with E-state index < -0.39 is 0 Å². The molecule has 0 fully saturated rings. The Hall–Kier alpha value is -2.23. The highest BCUT2D eigenvalue weighted by Crippen LogP contribution is 2.32. The summed E-state index contributed by atoms with van der Waals surface area (Å²) in [7, 11) is 3.22. The predicted molar refractivity (Wildman–Crippen MR) is 70.3 cm³/mol. The third-order valence-electron chi connectivity index (χ3n) is 2.81. The van der Waals surface area contributed by atoms with E-state index in [4.69, 9.17) is 9.47 Å². The molecule has 0 bridgehead atoms. The Bertz CT molecular complexity index is 617. The van der Waals surface area contributed by atoms with Crippen LogP contribution in [0.2, 0.25) is 0 Å². The first-order valence-electron chi connectivity index (χ1n) is 5.57. The molecule has 0 aliphatic carbocycles. The van der Waals surface area contributed by atoms with Crippen LogP contribution in [0, 0.1) is 6.92 Å². The fourth-order valence-corrected chi connectivity index (χ4v) is 1.79. The molecule has 2 aromatic rings. The summed E-state index contributed by atoms with van der Waals surface area (Å²) in [5.74, 6) is 1.44. The summed E-state index contributed by atoms with van der Waals surface area (Å²) in [5, 5.41) is 0. The largest absolute Gasteiger partial charge is 0.497 e. The number of aromatic amines is 1. The Kier molecular flexibility index (Phi) is 3.37. The van der Waals surface area contributed by atoms with E-state index in [2.05, 4.69) is 4.98 Å². The van der Waals surface area contributed by atoms with Gasteiger partial charge in [-0.2, -0.15) is 0 Å². The fraction of sp³-hybridized carbons (Fsp3) is 0.214. The van der Waals surface area contributed by atoms with Crippen LogP contribution in [-0.4, -0.2) is 19.2 Å². The van der Waals surface area contributed by atoms with Gasteiger partial charge in [0.05, 0.1) is 14.2 Å². The summed E-state index contributed by atoms with van der Waals surface area (Å²) in [6, 6.07) is 7.42. The Labute approximate surface area is 105 Å². The van der Waals surface area contributed by atoms with Crippen molar-refractivity contribution in [2.45, 2.75) is 6.92 Å². The number of rotatable bonds is 3. The van der Waals surface area contributed by atoms with Crippen LogP contribution in [0.3, 0.4) is 0 Å². The Morgan fingerprint density at radius 3 is 2.50 bits per heavy atom. The fourth-order valence-electron chi connectivity index (χ4n) is 1.79. The molecule has 0 aliphatic heterocycles. The zero-order chi connectivity index (χ0) is 13.1. The molecule has 0 atom stereocenters. The van der Waals surface area contributed by atoms with Crippen molar-refractivity contribution in [3.05, 3.63) is 46.4 Å². The van der Waals surface area contributed by atoms with E-state index in [1.165, 1.54) is 0 Å². The predicted octanol–water partition coefficient (Wildman–Crippen LogP) is 2.37. The Balaban J connectivity index is 2.55. The van der Waals surface area contributed by atoms with Crippen LogP contribution in [0.15, 0.2) is 35.3 Å². The molecule has 0 spiro atoms. The monoisotopic (exact) mass is 245 g/mol. The maximum absolute atomic E-state index is 11.4. The van der Waals surface area contributed by atoms with Crippen LogP contribution in [0.25, 0.3) is 11.1 Å². The van der Waals surface area contributed by atoms with Crippen molar-refractivity contribution in [2.24, 2.45) is 0 Å². The zero-order valence-corrected chi connectivity index (χ0v) is 10.6. The lowest BCUT2D eigenvalue weighted by atomic mass is 10.0. The van der Waals surface area contributed by atoms with E-state index in [0.717, 1.165) is 16.9 Å². The summed E-state index contributed by atoms with van der Waals surface area (Å²) in [6.07, 6.45) is 1.68. The van der Waals surface area contributed by atoms with E-state index in [1.54, 1.807) is 27.3 Å². The first-order valence-corrected chi connectivity index (χ1v) is 5.57. The maximum atomic E-state index is 11.4. The number of aromatic nitrogens is 1. The minimum atomic E-state index is -0.0776. The minimum Gasteiger partial charge on any atom is -0.497 e. The highest BCUT2D eigenvalue weighted by Gasteiger charge is 2.08. The van der Waals surface area contributed by atoms with Gasteiger partial charge in [-0.25, -0.2) is 0 Å². The van der Waals surface area contributed by atoms with E-state index in [1.807, 2.05) is 24.3 Å². The second kappa shape index (κ2) is 4.96. The number of hydrogen-bond donors (Lipinski definition) is 1. The number of aryl methyl sites for hydroxylation is 1. The quantitative estimate of drug-likeness (QED) is 0.903. The van der Waals surface area contributed by atoms with Gasteiger partial charge in [0.25, 0.3) is 5.56 Å². The summed E-state index contributed by atoms with van der Waals surface area (Å²) >= 11 is 0. The molecule has 2 rings (SSSR count). The molecular weight excluding hydrogens is 230 g/mol. The molecule has 0 saturated carbocycles. The molecule has 4 nitrogen and oxygen atoms in total. The van der Waals surface area contributed by atoms with E-state index >= 15 is 0 Å². The van der Waals surface area contributed by atoms with Gasteiger partial charge in [-0.3, -0.25) is 4.79 Å². The first kappa shape index (κ1) is 12.2. The Morgan fingerprint density at radius 1 is 1.11 bits per heavy atom. The standard InChI is InChI=1S/C14H15NO3/c1-9-6-10(8-15-14(9)16)12-5-4-11(17-2)7-13(12)18-3/h4-8H,1-3H3,(H,15,16). The summed E-state index contributed by atoms with van der Waals surface area (Å²) < 4.78 is 10.5. The number of methoxy groups -OCH3 is 2. The van der Waals surface area contributed by atoms with Crippen molar-refractivity contribution in [1.29, 1.82) is 0 Å². The van der Waals surface area contributed by atoms with Crippen LogP contribution in [0.4, 0.5) is 0 Å². The van der Waals surface area contributed by atoms with Crippen LogP contribution in [0.1, 0.15) is 5.56 Å². The molecule has 0 unspecified atom stereocenters. The van der Waals surface area contributed by atoms with Crippen molar-refractivity contribution in [3.63, 3.8) is 0 Å². The third kappa shape index (κ3) is 2.22. The second-order valence-corrected chi connectivity index (χ2v) is 3.97. The number of ether oxygens (including phenoxy) is 2. The minimum absolute atomic E-state index is 0.0776. The van der Waals surface area contributed by atoms with Crippen molar-refractivity contribution in [2.75, 3.05) is 14.2 Å². The van der Waals surface area contributed by atoms with E-state index in [0.29, 0.717) is 11.3 Å². The van der Waals surface area contributed by atoms with E-state index in [-0.39, 0.29) is 5.56 Å². The number of nitrogens with one attached hydrogen (secondary N) is 1. The molecule has 0 saturated heterocycles.